The second-order valence-electron chi connectivity index (χ2n) is 7.32. The number of carbonyl (C=O) groups excluding carboxylic acids is 1. The molecule has 29 heavy (non-hydrogen) atoms. The van der Waals surface area contributed by atoms with Crippen LogP contribution >= 0.6 is 0 Å². The van der Waals surface area contributed by atoms with E-state index in [9.17, 15) is 13.2 Å². The normalized spacial score (nSPS) is 15.8. The summed E-state index contributed by atoms with van der Waals surface area (Å²) in [7, 11) is -2.14. The lowest BCUT2D eigenvalue weighted by atomic mass is 10.0. The first kappa shape index (κ1) is 21.3. The average molecular weight is 417 g/mol. The highest BCUT2D eigenvalue weighted by Crippen LogP contribution is 2.27. The molecule has 3 rings (SSSR count). The molecule has 0 saturated carbocycles. The highest BCUT2D eigenvalue weighted by Gasteiger charge is 2.29. The molecule has 1 aliphatic rings. The van der Waals surface area contributed by atoms with Crippen LogP contribution in [0.1, 0.15) is 53.7 Å². The van der Waals surface area contributed by atoms with E-state index in [1.54, 1.807) is 6.07 Å². The molecule has 0 radical (unpaired) electrons. The zero-order valence-electron chi connectivity index (χ0n) is 17.1. The van der Waals surface area contributed by atoms with E-state index in [1.807, 2.05) is 38.1 Å². The van der Waals surface area contributed by atoms with E-state index in [1.165, 1.54) is 23.5 Å². The van der Waals surface area contributed by atoms with Gasteiger partial charge in [0.05, 0.1) is 23.6 Å². The van der Waals surface area contributed by atoms with Crippen molar-refractivity contribution in [3.8, 4) is 5.75 Å². The van der Waals surface area contributed by atoms with Crippen LogP contribution in [0.2, 0.25) is 0 Å². The first-order valence-electron chi connectivity index (χ1n) is 9.92. The third kappa shape index (κ3) is 4.62. The molecule has 1 amide bonds. The molecule has 7 heteroatoms. The molecular formula is C22H28N2O4S. The van der Waals surface area contributed by atoms with Gasteiger partial charge in [0.15, 0.2) is 0 Å². The van der Waals surface area contributed by atoms with E-state index in [2.05, 4.69) is 5.32 Å². The molecule has 1 fully saturated rings. The Morgan fingerprint density at radius 1 is 1.14 bits per heavy atom. The van der Waals surface area contributed by atoms with Gasteiger partial charge in [0.1, 0.15) is 5.75 Å². The van der Waals surface area contributed by atoms with Crippen molar-refractivity contribution < 1.29 is 17.9 Å². The first-order valence-corrected chi connectivity index (χ1v) is 11.4. The third-order valence-electron chi connectivity index (χ3n) is 5.31. The largest absolute Gasteiger partial charge is 0.496 e. The molecule has 1 heterocycles. The van der Waals surface area contributed by atoms with Crippen molar-refractivity contribution >= 4 is 15.9 Å². The second-order valence-corrected chi connectivity index (χ2v) is 9.26. The van der Waals surface area contributed by atoms with Crippen LogP contribution in [0, 0.1) is 6.92 Å². The number of hydrogen-bond donors (Lipinski definition) is 1. The minimum absolute atomic E-state index is 0.119. The summed E-state index contributed by atoms with van der Waals surface area (Å²) in [6.07, 6.45) is 2.43. The Labute approximate surface area is 172 Å². The lowest BCUT2D eigenvalue weighted by Crippen LogP contribution is -2.30. The number of rotatable bonds is 7. The molecule has 1 saturated heterocycles. The van der Waals surface area contributed by atoms with Crippen molar-refractivity contribution in [2.75, 3.05) is 20.2 Å². The van der Waals surface area contributed by atoms with Gasteiger partial charge in [-0.15, -0.1) is 0 Å². The van der Waals surface area contributed by atoms with Crippen molar-refractivity contribution in [1.29, 1.82) is 0 Å². The number of methoxy groups -OCH3 is 1. The van der Waals surface area contributed by atoms with Gasteiger partial charge in [-0.1, -0.05) is 36.8 Å². The Kier molecular flexibility index (Phi) is 6.59. The monoisotopic (exact) mass is 416 g/mol. The number of aryl methyl sites for hydroxylation is 1. The molecule has 6 nitrogen and oxygen atoms in total. The summed E-state index contributed by atoms with van der Waals surface area (Å²) in [5.74, 6) is -0.00521. The molecule has 2 aromatic rings. The molecular weight excluding hydrogens is 388 g/mol. The zero-order valence-corrected chi connectivity index (χ0v) is 18.0. The fourth-order valence-corrected chi connectivity index (χ4v) is 5.10. The number of benzene rings is 2. The van der Waals surface area contributed by atoms with E-state index in [0.29, 0.717) is 25.3 Å². The van der Waals surface area contributed by atoms with Gasteiger partial charge in [-0.25, -0.2) is 8.42 Å². The van der Waals surface area contributed by atoms with Gasteiger partial charge in [0.2, 0.25) is 10.0 Å². The van der Waals surface area contributed by atoms with Crippen LogP contribution in [-0.2, 0) is 10.0 Å². The smallest absolute Gasteiger partial charge is 0.255 e. The Morgan fingerprint density at radius 2 is 1.79 bits per heavy atom. The maximum Gasteiger partial charge on any atom is 0.255 e. The van der Waals surface area contributed by atoms with E-state index in [4.69, 9.17) is 4.74 Å². The number of carbonyl (C=O) groups is 1. The fourth-order valence-electron chi connectivity index (χ4n) is 3.56. The highest BCUT2D eigenvalue weighted by atomic mass is 32.2. The van der Waals surface area contributed by atoms with E-state index < -0.39 is 10.0 Å². The predicted octanol–water partition coefficient (Wildman–Crippen LogP) is 3.67. The SMILES string of the molecule is CCC(NC(=O)c1cc(S(=O)(=O)N2CCCC2)ccc1OC)c1ccc(C)cc1. The molecule has 1 N–H and O–H groups in total. The Bertz CT molecular complexity index is 965. The van der Waals surface area contributed by atoms with Crippen molar-refractivity contribution in [3.05, 3.63) is 59.2 Å². The summed E-state index contributed by atoms with van der Waals surface area (Å²) in [6.45, 7) is 5.04. The van der Waals surface area contributed by atoms with Crippen LogP contribution in [0.15, 0.2) is 47.4 Å². The topological polar surface area (TPSA) is 75.7 Å². The number of sulfonamides is 1. The Morgan fingerprint density at radius 3 is 2.38 bits per heavy atom. The van der Waals surface area contributed by atoms with Crippen molar-refractivity contribution in [1.82, 2.24) is 9.62 Å². The summed E-state index contributed by atoms with van der Waals surface area (Å²) >= 11 is 0. The van der Waals surface area contributed by atoms with Crippen molar-refractivity contribution in [3.63, 3.8) is 0 Å². The maximum absolute atomic E-state index is 13.0. The zero-order chi connectivity index (χ0) is 21.0. The van der Waals surface area contributed by atoms with Gasteiger partial charge in [0.25, 0.3) is 5.91 Å². The second kappa shape index (κ2) is 8.97. The summed E-state index contributed by atoms with van der Waals surface area (Å²) in [4.78, 5) is 13.2. The molecule has 0 aliphatic carbocycles. The molecule has 0 spiro atoms. The standard InChI is InChI=1S/C22H28N2O4S/c1-4-20(17-9-7-16(2)8-10-17)23-22(25)19-15-18(11-12-21(19)28-3)29(26,27)24-13-5-6-14-24/h7-12,15,20H,4-6,13-14H2,1-3H3,(H,23,25). The van der Waals surface area contributed by atoms with Crippen molar-refractivity contribution in [2.45, 2.75) is 44.0 Å². The lowest BCUT2D eigenvalue weighted by molar-refractivity contribution is 0.0932. The van der Waals surface area contributed by atoms with E-state index in [0.717, 1.165) is 24.0 Å². The fraction of sp³-hybridized carbons (Fsp3) is 0.409. The molecule has 0 aromatic heterocycles. The summed E-state index contributed by atoms with van der Waals surface area (Å²) < 4.78 is 32.6. The molecule has 156 valence electrons. The van der Waals surface area contributed by atoms with Gasteiger partial charge in [-0.2, -0.15) is 4.31 Å². The Balaban J connectivity index is 1.89. The van der Waals surface area contributed by atoms with Gasteiger partial charge < -0.3 is 10.1 Å². The number of ether oxygens (including phenoxy) is 1. The van der Waals surface area contributed by atoms with Gasteiger partial charge in [-0.05, 0) is 49.9 Å². The highest BCUT2D eigenvalue weighted by molar-refractivity contribution is 7.89. The van der Waals surface area contributed by atoms with Crippen LogP contribution < -0.4 is 10.1 Å². The molecule has 0 bridgehead atoms. The van der Waals surface area contributed by atoms with Crippen LogP contribution in [0.25, 0.3) is 0 Å². The molecule has 1 aliphatic heterocycles. The third-order valence-corrected chi connectivity index (χ3v) is 7.21. The summed E-state index contributed by atoms with van der Waals surface area (Å²) in [6, 6.07) is 12.3. The summed E-state index contributed by atoms with van der Waals surface area (Å²) in [5, 5.41) is 3.01. The summed E-state index contributed by atoms with van der Waals surface area (Å²) in [5.41, 5.74) is 2.38. The van der Waals surface area contributed by atoms with Gasteiger partial charge in [0, 0.05) is 13.1 Å². The average Bonchev–Trinajstić information content (AvgIpc) is 3.28. The quantitative estimate of drug-likeness (QED) is 0.747. The number of amides is 1. The Hall–Kier alpha value is -2.38. The van der Waals surface area contributed by atoms with Crippen LogP contribution in [-0.4, -0.2) is 38.8 Å². The minimum atomic E-state index is -3.61. The van der Waals surface area contributed by atoms with E-state index >= 15 is 0 Å². The maximum atomic E-state index is 13.0. The number of hydrogen-bond acceptors (Lipinski definition) is 4. The van der Waals surface area contributed by atoms with Crippen LogP contribution in [0.5, 0.6) is 5.75 Å². The molecule has 2 aromatic carbocycles. The molecule has 1 atom stereocenters. The van der Waals surface area contributed by atoms with Gasteiger partial charge in [-0.3, -0.25) is 4.79 Å². The van der Waals surface area contributed by atoms with Crippen LogP contribution in [0.4, 0.5) is 0 Å². The predicted molar refractivity (Wildman–Crippen MR) is 113 cm³/mol. The lowest BCUT2D eigenvalue weighted by Gasteiger charge is -2.20. The number of nitrogens with zero attached hydrogens (tertiary/aromatic N) is 1. The first-order chi connectivity index (χ1) is 13.9. The minimum Gasteiger partial charge on any atom is -0.496 e. The van der Waals surface area contributed by atoms with Crippen molar-refractivity contribution in [2.24, 2.45) is 0 Å². The number of nitrogens with one attached hydrogen (secondary N) is 1. The van der Waals surface area contributed by atoms with Gasteiger partial charge >= 0.3 is 0 Å². The van der Waals surface area contributed by atoms with E-state index in [-0.39, 0.29) is 22.4 Å². The molecule has 1 unspecified atom stereocenters. The van der Waals surface area contributed by atoms with Crippen LogP contribution in [0.3, 0.4) is 0 Å².